The molecule has 3 nitrogen and oxygen atoms in total. The molecule has 5 heteroatoms. The van der Waals surface area contributed by atoms with Crippen LogP contribution in [0.1, 0.15) is 32.3 Å². The van der Waals surface area contributed by atoms with Crippen LogP contribution in [0.25, 0.3) is 0 Å². The van der Waals surface area contributed by atoms with Crippen molar-refractivity contribution in [1.82, 2.24) is 5.32 Å². The first-order valence-electron chi connectivity index (χ1n) is 6.34. The molecule has 0 fully saturated rings. The van der Waals surface area contributed by atoms with Gasteiger partial charge in [0.25, 0.3) is 0 Å². The second kappa shape index (κ2) is 7.13. The highest BCUT2D eigenvalue weighted by Gasteiger charge is 2.34. The summed E-state index contributed by atoms with van der Waals surface area (Å²) >= 11 is 12.1. The molecule has 0 saturated carbocycles. The zero-order valence-corrected chi connectivity index (χ0v) is 12.7. The van der Waals surface area contributed by atoms with E-state index < -0.39 is 11.4 Å². The molecule has 0 radical (unpaired) electrons. The number of nitrogens with one attached hydrogen (secondary N) is 1. The molecule has 2 N–H and O–H groups in total. The Hall–Kier alpha value is -0.770. The minimum atomic E-state index is -0.768. The molecule has 0 heterocycles. The fourth-order valence-electron chi connectivity index (χ4n) is 2.01. The molecule has 0 saturated heterocycles. The van der Waals surface area contributed by atoms with Crippen molar-refractivity contribution in [3.8, 4) is 0 Å². The van der Waals surface area contributed by atoms with Gasteiger partial charge in [0.05, 0.1) is 5.41 Å². The standard InChI is InChI=1S/C14H19Cl2NO2/c1-3-14(4-2,13(18)19)9-17-8-10-11(15)6-5-7-12(10)16/h5-7,17H,3-4,8-9H2,1-2H3,(H,18,19). The van der Waals surface area contributed by atoms with Gasteiger partial charge in [0.1, 0.15) is 0 Å². The molecule has 0 bridgehead atoms. The van der Waals surface area contributed by atoms with Crippen LogP contribution in [0.4, 0.5) is 0 Å². The largest absolute Gasteiger partial charge is 0.481 e. The predicted octanol–water partition coefficient (Wildman–Crippen LogP) is 3.97. The predicted molar refractivity (Wildman–Crippen MR) is 78.8 cm³/mol. The van der Waals surface area contributed by atoms with E-state index >= 15 is 0 Å². The molecule has 0 aliphatic rings. The second-order valence-corrected chi connectivity index (χ2v) is 5.41. The number of carboxylic acid groups (broad SMARTS) is 1. The van der Waals surface area contributed by atoms with Crippen LogP contribution in [0, 0.1) is 5.41 Å². The molecule has 1 aromatic carbocycles. The fraction of sp³-hybridized carbons (Fsp3) is 0.500. The Balaban J connectivity index is 2.70. The van der Waals surface area contributed by atoms with Crippen molar-refractivity contribution in [3.05, 3.63) is 33.8 Å². The number of aliphatic carboxylic acids is 1. The van der Waals surface area contributed by atoms with Crippen LogP contribution in [0.3, 0.4) is 0 Å². The van der Waals surface area contributed by atoms with E-state index in [0.717, 1.165) is 5.56 Å². The normalized spacial score (nSPS) is 11.6. The number of carboxylic acids is 1. The molecule has 0 aliphatic carbocycles. The van der Waals surface area contributed by atoms with Crippen molar-refractivity contribution in [2.45, 2.75) is 33.2 Å². The minimum Gasteiger partial charge on any atom is -0.481 e. The molecular weight excluding hydrogens is 285 g/mol. The Kier molecular flexibility index (Phi) is 6.11. The van der Waals surface area contributed by atoms with Gasteiger partial charge in [-0.3, -0.25) is 4.79 Å². The highest BCUT2D eigenvalue weighted by Crippen LogP contribution is 2.27. The van der Waals surface area contributed by atoms with Gasteiger partial charge in [-0.05, 0) is 25.0 Å². The van der Waals surface area contributed by atoms with E-state index in [1.807, 2.05) is 13.8 Å². The highest BCUT2D eigenvalue weighted by atomic mass is 35.5. The maximum Gasteiger partial charge on any atom is 0.310 e. The monoisotopic (exact) mass is 303 g/mol. The first-order chi connectivity index (χ1) is 8.96. The zero-order chi connectivity index (χ0) is 14.5. The summed E-state index contributed by atoms with van der Waals surface area (Å²) in [6.07, 6.45) is 1.17. The third-order valence-corrected chi connectivity index (χ3v) is 4.34. The lowest BCUT2D eigenvalue weighted by Gasteiger charge is -2.27. The molecule has 1 rings (SSSR count). The van der Waals surface area contributed by atoms with Gasteiger partial charge in [-0.15, -0.1) is 0 Å². The van der Waals surface area contributed by atoms with Crippen molar-refractivity contribution >= 4 is 29.2 Å². The smallest absolute Gasteiger partial charge is 0.310 e. The van der Waals surface area contributed by atoms with Crippen molar-refractivity contribution in [1.29, 1.82) is 0 Å². The van der Waals surface area contributed by atoms with Gasteiger partial charge in [-0.25, -0.2) is 0 Å². The lowest BCUT2D eigenvalue weighted by Crippen LogP contribution is -2.40. The molecular formula is C14H19Cl2NO2. The van der Waals surface area contributed by atoms with E-state index in [-0.39, 0.29) is 0 Å². The first kappa shape index (κ1) is 16.3. The van der Waals surface area contributed by atoms with E-state index in [0.29, 0.717) is 36.0 Å². The lowest BCUT2D eigenvalue weighted by atomic mass is 9.82. The summed E-state index contributed by atoms with van der Waals surface area (Å²) in [5.74, 6) is -0.768. The van der Waals surface area contributed by atoms with Crippen molar-refractivity contribution in [2.24, 2.45) is 5.41 Å². The molecule has 106 valence electrons. The topological polar surface area (TPSA) is 49.3 Å². The van der Waals surface area contributed by atoms with E-state index in [2.05, 4.69) is 5.32 Å². The van der Waals surface area contributed by atoms with Gasteiger partial charge in [0, 0.05) is 28.7 Å². The molecule has 1 aromatic rings. The SMILES string of the molecule is CCC(CC)(CNCc1c(Cl)cccc1Cl)C(=O)O. The summed E-state index contributed by atoms with van der Waals surface area (Å²) in [6, 6.07) is 5.33. The van der Waals surface area contributed by atoms with Crippen molar-refractivity contribution < 1.29 is 9.90 Å². The van der Waals surface area contributed by atoms with Gasteiger partial charge in [-0.1, -0.05) is 43.1 Å². The Bertz CT molecular complexity index is 425. The van der Waals surface area contributed by atoms with E-state index in [1.165, 1.54) is 0 Å². The molecule has 0 atom stereocenters. The average molecular weight is 304 g/mol. The molecule has 0 aliphatic heterocycles. The molecule has 0 unspecified atom stereocenters. The van der Waals surface area contributed by atoms with Crippen molar-refractivity contribution in [3.63, 3.8) is 0 Å². The molecule has 0 aromatic heterocycles. The van der Waals surface area contributed by atoms with Crippen LogP contribution in [0.15, 0.2) is 18.2 Å². The summed E-state index contributed by atoms with van der Waals surface area (Å²) in [6.45, 7) is 4.65. The quantitative estimate of drug-likeness (QED) is 0.801. The van der Waals surface area contributed by atoms with Gasteiger partial charge in [0.2, 0.25) is 0 Å². The Labute approximate surface area is 123 Å². The summed E-state index contributed by atoms with van der Waals surface area (Å²) in [7, 11) is 0. The summed E-state index contributed by atoms with van der Waals surface area (Å²) in [4.78, 5) is 11.4. The Morgan fingerprint density at radius 1 is 1.26 bits per heavy atom. The Morgan fingerprint density at radius 3 is 2.21 bits per heavy atom. The van der Waals surface area contributed by atoms with Gasteiger partial charge < -0.3 is 10.4 Å². The number of hydrogen-bond donors (Lipinski definition) is 2. The average Bonchev–Trinajstić information content (AvgIpc) is 2.38. The first-order valence-corrected chi connectivity index (χ1v) is 7.09. The number of rotatable bonds is 7. The van der Waals surface area contributed by atoms with Crippen LogP contribution >= 0.6 is 23.2 Å². The van der Waals surface area contributed by atoms with Crippen LogP contribution in [0.5, 0.6) is 0 Å². The van der Waals surface area contributed by atoms with Crippen LogP contribution in [0.2, 0.25) is 10.0 Å². The third kappa shape index (κ3) is 3.85. The van der Waals surface area contributed by atoms with E-state index in [4.69, 9.17) is 23.2 Å². The number of halogens is 2. The fourth-order valence-corrected chi connectivity index (χ4v) is 2.54. The van der Waals surface area contributed by atoms with Crippen LogP contribution < -0.4 is 5.32 Å². The zero-order valence-electron chi connectivity index (χ0n) is 11.2. The maximum atomic E-state index is 11.4. The van der Waals surface area contributed by atoms with Gasteiger partial charge in [0.15, 0.2) is 0 Å². The van der Waals surface area contributed by atoms with Crippen LogP contribution in [-0.4, -0.2) is 17.6 Å². The minimum absolute atomic E-state index is 0.400. The number of benzene rings is 1. The van der Waals surface area contributed by atoms with Gasteiger partial charge in [-0.2, -0.15) is 0 Å². The summed E-state index contributed by atoms with van der Waals surface area (Å²) < 4.78 is 0. The molecule has 19 heavy (non-hydrogen) atoms. The second-order valence-electron chi connectivity index (χ2n) is 4.60. The summed E-state index contributed by atoms with van der Waals surface area (Å²) in [5.41, 5.74) is 0.0746. The third-order valence-electron chi connectivity index (χ3n) is 3.63. The summed E-state index contributed by atoms with van der Waals surface area (Å²) in [5, 5.41) is 13.7. The van der Waals surface area contributed by atoms with Crippen molar-refractivity contribution in [2.75, 3.05) is 6.54 Å². The van der Waals surface area contributed by atoms with E-state index in [9.17, 15) is 9.90 Å². The lowest BCUT2D eigenvalue weighted by molar-refractivity contribution is -0.149. The molecule has 0 amide bonds. The molecule has 0 spiro atoms. The van der Waals surface area contributed by atoms with E-state index in [1.54, 1.807) is 18.2 Å². The highest BCUT2D eigenvalue weighted by molar-refractivity contribution is 6.35. The van der Waals surface area contributed by atoms with Gasteiger partial charge >= 0.3 is 5.97 Å². The maximum absolute atomic E-state index is 11.4. The van der Waals surface area contributed by atoms with Crippen LogP contribution in [-0.2, 0) is 11.3 Å². The number of carbonyl (C=O) groups is 1. The number of hydrogen-bond acceptors (Lipinski definition) is 2. The Morgan fingerprint density at radius 2 is 1.79 bits per heavy atom.